The summed E-state index contributed by atoms with van der Waals surface area (Å²) in [6, 6.07) is 11.0. The molecule has 2 aromatic heterocycles. The van der Waals surface area contributed by atoms with Crippen LogP contribution in [0, 0.1) is 54.1 Å². The number of nitrogens with zero attached hydrogens (tertiary/aromatic N) is 2. The molecule has 2 nitrogen and oxygen atoms in total. The van der Waals surface area contributed by atoms with E-state index in [1.54, 1.807) is 24.5 Å². The van der Waals surface area contributed by atoms with Crippen LogP contribution in [-0.4, -0.2) is 9.97 Å². The van der Waals surface area contributed by atoms with Crippen molar-refractivity contribution in [2.75, 3.05) is 0 Å². The quantitative estimate of drug-likeness (QED) is 0.692. The maximum absolute atomic E-state index is 3.66. The SMILES string of the molecule is [Ce].[c-]1ccccn1.[c-]1ccccn1. The molecule has 0 spiro atoms. The first-order valence-corrected chi connectivity index (χ1v) is 3.54. The molecule has 0 bridgehead atoms. The fourth-order valence-corrected chi connectivity index (χ4v) is 0.555. The van der Waals surface area contributed by atoms with Gasteiger partial charge in [-0.25, -0.2) is 0 Å². The minimum Gasteiger partial charge on any atom is -0.394 e. The molecule has 0 saturated carbocycles. The van der Waals surface area contributed by atoms with E-state index in [9.17, 15) is 0 Å². The minimum absolute atomic E-state index is 0. The van der Waals surface area contributed by atoms with Crippen molar-refractivity contribution in [3.05, 3.63) is 61.2 Å². The minimum atomic E-state index is 0. The smallest absolute Gasteiger partial charge is 0 e. The van der Waals surface area contributed by atoms with Crippen LogP contribution in [0.1, 0.15) is 0 Å². The van der Waals surface area contributed by atoms with E-state index in [4.69, 9.17) is 0 Å². The van der Waals surface area contributed by atoms with Crippen LogP contribution in [0.25, 0.3) is 0 Å². The summed E-state index contributed by atoms with van der Waals surface area (Å²) in [5, 5.41) is 0. The monoisotopic (exact) mass is 296 g/mol. The van der Waals surface area contributed by atoms with Gasteiger partial charge in [0.25, 0.3) is 0 Å². The van der Waals surface area contributed by atoms with Crippen molar-refractivity contribution in [2.24, 2.45) is 0 Å². The zero-order chi connectivity index (χ0) is 8.49. The van der Waals surface area contributed by atoms with E-state index in [1.807, 2.05) is 24.3 Å². The molecular weight excluding hydrogens is 288 g/mol. The van der Waals surface area contributed by atoms with Gasteiger partial charge in [0.05, 0.1) is 0 Å². The average molecular weight is 296 g/mol. The third-order valence-electron chi connectivity index (χ3n) is 1.03. The van der Waals surface area contributed by atoms with Gasteiger partial charge in [0.1, 0.15) is 0 Å². The summed E-state index contributed by atoms with van der Waals surface area (Å²) in [5.74, 6) is 0. The van der Waals surface area contributed by atoms with Crippen LogP contribution in [-0.2, 0) is 0 Å². The topological polar surface area (TPSA) is 25.8 Å². The second-order valence-electron chi connectivity index (χ2n) is 1.92. The zero-order valence-corrected chi connectivity index (χ0v) is 10.2. The molecule has 0 fully saturated rings. The molecule has 0 aliphatic carbocycles. The Morgan fingerprint density at radius 2 is 1.15 bits per heavy atom. The first kappa shape index (κ1) is 12.7. The van der Waals surface area contributed by atoms with Crippen molar-refractivity contribution in [3.63, 3.8) is 0 Å². The van der Waals surface area contributed by atoms with Gasteiger partial charge in [-0.3, -0.25) is 0 Å². The zero-order valence-electron chi connectivity index (χ0n) is 7.01. The van der Waals surface area contributed by atoms with Gasteiger partial charge < -0.3 is 9.97 Å². The Hall–Kier alpha value is -0.323. The summed E-state index contributed by atoms with van der Waals surface area (Å²) < 4.78 is 0. The van der Waals surface area contributed by atoms with E-state index in [1.165, 1.54) is 0 Å². The predicted molar refractivity (Wildman–Crippen MR) is 46.1 cm³/mol. The average Bonchev–Trinajstić information content (AvgIpc) is 2.24. The van der Waals surface area contributed by atoms with Crippen molar-refractivity contribution < 1.29 is 41.7 Å². The second-order valence-corrected chi connectivity index (χ2v) is 1.92. The maximum atomic E-state index is 3.66. The molecule has 2 aromatic rings. The molecule has 0 aliphatic heterocycles. The summed E-state index contributed by atoms with van der Waals surface area (Å²) in [5.41, 5.74) is 0. The van der Waals surface area contributed by atoms with Crippen LogP contribution in [0.5, 0.6) is 0 Å². The molecule has 2 heterocycles. The van der Waals surface area contributed by atoms with Crippen molar-refractivity contribution >= 4 is 0 Å². The molecule has 2 rings (SSSR count). The summed E-state index contributed by atoms with van der Waals surface area (Å²) in [7, 11) is 0. The van der Waals surface area contributed by atoms with Crippen molar-refractivity contribution in [2.45, 2.75) is 0 Å². The predicted octanol–water partition coefficient (Wildman–Crippen LogP) is 1.76. The van der Waals surface area contributed by atoms with Crippen molar-refractivity contribution in [3.8, 4) is 0 Å². The van der Waals surface area contributed by atoms with Crippen molar-refractivity contribution in [1.29, 1.82) is 0 Å². The molecule has 0 unspecified atom stereocenters. The van der Waals surface area contributed by atoms with Crippen LogP contribution in [0.2, 0.25) is 0 Å². The number of hydrogen-bond acceptors (Lipinski definition) is 2. The van der Waals surface area contributed by atoms with E-state index >= 15 is 0 Å². The molecule has 0 amide bonds. The molecule has 0 aliphatic rings. The Morgan fingerprint density at radius 1 is 0.692 bits per heavy atom. The Labute approximate surface area is 112 Å². The van der Waals surface area contributed by atoms with Gasteiger partial charge in [-0.2, -0.15) is 36.4 Å². The fourth-order valence-electron chi connectivity index (χ4n) is 0.555. The molecule has 64 valence electrons. The first-order valence-electron chi connectivity index (χ1n) is 3.54. The number of rotatable bonds is 0. The van der Waals surface area contributed by atoms with Gasteiger partial charge in [0.15, 0.2) is 0 Å². The van der Waals surface area contributed by atoms with E-state index in [2.05, 4.69) is 22.4 Å². The van der Waals surface area contributed by atoms with E-state index in [0.717, 1.165) is 0 Å². The van der Waals surface area contributed by atoms with Gasteiger partial charge in [0.2, 0.25) is 0 Å². The van der Waals surface area contributed by atoms with Crippen LogP contribution in [0.3, 0.4) is 0 Å². The summed E-state index contributed by atoms with van der Waals surface area (Å²) >= 11 is 0. The Morgan fingerprint density at radius 3 is 1.23 bits per heavy atom. The van der Waals surface area contributed by atoms with Crippen LogP contribution in [0.15, 0.2) is 48.8 Å². The van der Waals surface area contributed by atoms with Gasteiger partial charge in [-0.1, -0.05) is 24.8 Å². The summed E-state index contributed by atoms with van der Waals surface area (Å²) in [6.07, 6.45) is 8.67. The normalized spacial score (nSPS) is 7.38. The molecule has 13 heavy (non-hydrogen) atoms. The second kappa shape index (κ2) is 9.76. The van der Waals surface area contributed by atoms with Crippen LogP contribution >= 0.6 is 0 Å². The van der Waals surface area contributed by atoms with Gasteiger partial charge in [0, 0.05) is 41.7 Å². The molecule has 0 saturated heterocycles. The number of hydrogen-bond donors (Lipinski definition) is 0. The number of aromatic nitrogens is 2. The van der Waals surface area contributed by atoms with E-state index < -0.39 is 0 Å². The summed E-state index contributed by atoms with van der Waals surface area (Å²) in [4.78, 5) is 7.32. The standard InChI is InChI=1S/2C5H4N.Ce/c2*1-2-4-6-5-3-1;/h2*1-4H;/q2*-1;. The molecule has 0 atom stereocenters. The molecule has 0 aromatic carbocycles. The molecule has 0 N–H and O–H groups in total. The van der Waals surface area contributed by atoms with Gasteiger partial charge in [-0.05, 0) is 0 Å². The first-order chi connectivity index (χ1) is 6.00. The Kier molecular flexibility index (Phi) is 9.52. The van der Waals surface area contributed by atoms with Gasteiger partial charge in [-0.15, -0.1) is 0 Å². The molecular formula is C10H8CeN2-2. The van der Waals surface area contributed by atoms with E-state index in [0.29, 0.717) is 0 Å². The Balaban J connectivity index is 0.000000206. The van der Waals surface area contributed by atoms with Crippen LogP contribution < -0.4 is 0 Å². The largest absolute Gasteiger partial charge is 0.394 e. The van der Waals surface area contributed by atoms with E-state index in [-0.39, 0.29) is 41.7 Å². The molecule has 3 heteroatoms. The number of pyridine rings is 2. The Bertz CT molecular complexity index is 188. The molecule has 0 radical (unpaired) electrons. The van der Waals surface area contributed by atoms with Crippen LogP contribution in [0.4, 0.5) is 0 Å². The van der Waals surface area contributed by atoms with Crippen molar-refractivity contribution in [1.82, 2.24) is 9.97 Å². The van der Waals surface area contributed by atoms with Gasteiger partial charge >= 0.3 is 0 Å². The third kappa shape index (κ3) is 8.02. The fraction of sp³-hybridized carbons (Fsp3) is 0. The maximum Gasteiger partial charge on any atom is 0 e. The summed E-state index contributed by atoms with van der Waals surface area (Å²) in [6.45, 7) is 0. The third-order valence-corrected chi connectivity index (χ3v) is 1.03.